The molecule has 2 aromatic rings. The van der Waals surface area contributed by atoms with E-state index in [9.17, 15) is 9.18 Å². The summed E-state index contributed by atoms with van der Waals surface area (Å²) < 4.78 is 19.6. The molecule has 0 aromatic heterocycles. The van der Waals surface area contributed by atoms with Gasteiger partial charge in [-0.1, -0.05) is 36.4 Å². The van der Waals surface area contributed by atoms with E-state index in [0.29, 0.717) is 30.6 Å². The lowest BCUT2D eigenvalue weighted by atomic mass is 10.1. The standard InChI is InChI=1S/C20H21BrFNO2/c21-18-12-16(6-7-19(18)22)13-20(24)23-10-8-17(9-11-23)25-14-15-4-2-1-3-5-15/h1-7,12,17H,8-11,13-14H2. The fraction of sp³-hybridized carbons (Fsp3) is 0.350. The van der Waals surface area contributed by atoms with Crippen LogP contribution in [0.3, 0.4) is 0 Å². The molecule has 1 heterocycles. The number of piperidine rings is 1. The molecule has 2 aromatic carbocycles. The number of hydrogen-bond acceptors (Lipinski definition) is 2. The number of benzene rings is 2. The van der Waals surface area contributed by atoms with Crippen molar-refractivity contribution in [2.75, 3.05) is 13.1 Å². The van der Waals surface area contributed by atoms with Gasteiger partial charge in [0, 0.05) is 13.1 Å². The SMILES string of the molecule is O=C(Cc1ccc(F)c(Br)c1)N1CCC(OCc2ccccc2)CC1. The maximum absolute atomic E-state index is 13.3. The second-order valence-corrected chi connectivity index (χ2v) is 7.16. The molecular formula is C20H21BrFNO2. The van der Waals surface area contributed by atoms with Crippen molar-refractivity contribution in [1.29, 1.82) is 0 Å². The van der Waals surface area contributed by atoms with Crippen LogP contribution in [-0.4, -0.2) is 30.0 Å². The molecule has 0 saturated carbocycles. The van der Waals surface area contributed by atoms with Crippen molar-refractivity contribution in [2.45, 2.75) is 32.0 Å². The van der Waals surface area contributed by atoms with Crippen molar-refractivity contribution in [3.05, 3.63) is 69.9 Å². The van der Waals surface area contributed by atoms with Crippen LogP contribution < -0.4 is 0 Å². The molecule has 3 nitrogen and oxygen atoms in total. The molecule has 1 aliphatic heterocycles. The Morgan fingerprint density at radius 1 is 1.12 bits per heavy atom. The van der Waals surface area contributed by atoms with Gasteiger partial charge in [0.2, 0.25) is 5.91 Å². The molecule has 25 heavy (non-hydrogen) atoms. The second kappa shape index (κ2) is 8.59. The minimum Gasteiger partial charge on any atom is -0.373 e. The Labute approximate surface area is 155 Å². The monoisotopic (exact) mass is 405 g/mol. The summed E-state index contributed by atoms with van der Waals surface area (Å²) in [6.45, 7) is 2.03. The van der Waals surface area contributed by atoms with E-state index in [1.54, 1.807) is 12.1 Å². The number of hydrogen-bond donors (Lipinski definition) is 0. The highest BCUT2D eigenvalue weighted by atomic mass is 79.9. The van der Waals surface area contributed by atoms with Crippen molar-refractivity contribution in [3.63, 3.8) is 0 Å². The van der Waals surface area contributed by atoms with E-state index in [4.69, 9.17) is 4.74 Å². The van der Waals surface area contributed by atoms with Crippen LogP contribution in [0, 0.1) is 5.82 Å². The van der Waals surface area contributed by atoms with Gasteiger partial charge in [-0.3, -0.25) is 4.79 Å². The van der Waals surface area contributed by atoms with E-state index < -0.39 is 0 Å². The number of nitrogens with zero attached hydrogens (tertiary/aromatic N) is 1. The number of likely N-dealkylation sites (tertiary alicyclic amines) is 1. The Kier molecular flexibility index (Phi) is 6.21. The van der Waals surface area contributed by atoms with Crippen molar-refractivity contribution in [1.82, 2.24) is 4.90 Å². The first-order valence-electron chi connectivity index (χ1n) is 8.49. The molecule has 0 aliphatic carbocycles. The lowest BCUT2D eigenvalue weighted by molar-refractivity contribution is -0.133. The van der Waals surface area contributed by atoms with Gasteiger partial charge in [0.25, 0.3) is 0 Å². The van der Waals surface area contributed by atoms with Crippen molar-refractivity contribution >= 4 is 21.8 Å². The molecule has 0 spiro atoms. The van der Waals surface area contributed by atoms with Crippen LogP contribution in [0.5, 0.6) is 0 Å². The van der Waals surface area contributed by atoms with E-state index in [0.717, 1.165) is 18.4 Å². The first-order chi connectivity index (χ1) is 12.1. The third-order valence-corrected chi connectivity index (χ3v) is 5.07. The molecule has 0 unspecified atom stereocenters. The molecule has 1 amide bonds. The summed E-state index contributed by atoms with van der Waals surface area (Å²) in [5.41, 5.74) is 1.99. The zero-order chi connectivity index (χ0) is 17.6. The Bertz CT molecular complexity index is 715. The number of carbonyl (C=O) groups is 1. The van der Waals surface area contributed by atoms with Gasteiger partial charge in [0.15, 0.2) is 0 Å². The highest BCUT2D eigenvalue weighted by Gasteiger charge is 2.23. The number of rotatable bonds is 5. The third-order valence-electron chi connectivity index (χ3n) is 4.46. The summed E-state index contributed by atoms with van der Waals surface area (Å²) in [5.74, 6) is -0.229. The molecule has 1 aliphatic rings. The first kappa shape index (κ1) is 18.1. The summed E-state index contributed by atoms with van der Waals surface area (Å²) in [7, 11) is 0. The smallest absolute Gasteiger partial charge is 0.226 e. The van der Waals surface area contributed by atoms with Crippen molar-refractivity contribution in [3.8, 4) is 0 Å². The molecule has 1 saturated heterocycles. The van der Waals surface area contributed by atoms with Crippen molar-refractivity contribution < 1.29 is 13.9 Å². The summed E-state index contributed by atoms with van der Waals surface area (Å²) in [6, 6.07) is 14.8. The van der Waals surface area contributed by atoms with Gasteiger partial charge >= 0.3 is 0 Å². The van der Waals surface area contributed by atoms with Gasteiger partial charge in [-0.2, -0.15) is 0 Å². The molecular weight excluding hydrogens is 385 g/mol. The maximum Gasteiger partial charge on any atom is 0.226 e. The van der Waals surface area contributed by atoms with E-state index >= 15 is 0 Å². The molecule has 3 rings (SSSR count). The zero-order valence-corrected chi connectivity index (χ0v) is 15.5. The molecule has 0 bridgehead atoms. The fourth-order valence-electron chi connectivity index (χ4n) is 3.00. The van der Waals surface area contributed by atoms with E-state index in [1.807, 2.05) is 23.1 Å². The van der Waals surface area contributed by atoms with Gasteiger partial charge in [-0.25, -0.2) is 4.39 Å². The topological polar surface area (TPSA) is 29.5 Å². The zero-order valence-electron chi connectivity index (χ0n) is 14.0. The second-order valence-electron chi connectivity index (χ2n) is 6.30. The number of carbonyl (C=O) groups excluding carboxylic acids is 1. The predicted octanol–water partition coefficient (Wildman–Crippen LogP) is 4.34. The lowest BCUT2D eigenvalue weighted by Crippen LogP contribution is -2.41. The lowest BCUT2D eigenvalue weighted by Gasteiger charge is -2.32. The van der Waals surface area contributed by atoms with Crippen LogP contribution in [0.2, 0.25) is 0 Å². The Morgan fingerprint density at radius 2 is 1.84 bits per heavy atom. The fourth-order valence-corrected chi connectivity index (χ4v) is 3.42. The predicted molar refractivity (Wildman–Crippen MR) is 98.6 cm³/mol. The normalized spacial score (nSPS) is 15.4. The maximum atomic E-state index is 13.3. The summed E-state index contributed by atoms with van der Waals surface area (Å²) in [4.78, 5) is 14.3. The molecule has 5 heteroatoms. The Hall–Kier alpha value is -1.72. The van der Waals surface area contributed by atoms with E-state index in [2.05, 4.69) is 28.1 Å². The van der Waals surface area contributed by atoms with Gasteiger partial charge in [0.05, 0.1) is 23.6 Å². The third kappa shape index (κ3) is 5.13. The van der Waals surface area contributed by atoms with Gasteiger partial charge < -0.3 is 9.64 Å². The minimum atomic E-state index is -0.312. The highest BCUT2D eigenvalue weighted by molar-refractivity contribution is 9.10. The van der Waals surface area contributed by atoms with Crippen LogP contribution in [0.1, 0.15) is 24.0 Å². The summed E-state index contributed by atoms with van der Waals surface area (Å²) in [5, 5.41) is 0. The summed E-state index contributed by atoms with van der Waals surface area (Å²) in [6.07, 6.45) is 2.20. The van der Waals surface area contributed by atoms with E-state index in [1.165, 1.54) is 11.6 Å². The molecule has 0 N–H and O–H groups in total. The van der Waals surface area contributed by atoms with E-state index in [-0.39, 0.29) is 17.8 Å². The van der Waals surface area contributed by atoms with Crippen LogP contribution in [-0.2, 0) is 22.6 Å². The average Bonchev–Trinajstić information content (AvgIpc) is 2.64. The van der Waals surface area contributed by atoms with Crippen molar-refractivity contribution in [2.24, 2.45) is 0 Å². The molecule has 0 radical (unpaired) electrons. The number of ether oxygens (including phenoxy) is 1. The molecule has 0 atom stereocenters. The van der Waals surface area contributed by atoms with Crippen LogP contribution >= 0.6 is 15.9 Å². The molecule has 1 fully saturated rings. The Morgan fingerprint density at radius 3 is 2.52 bits per heavy atom. The van der Waals surface area contributed by atoms with Crippen LogP contribution in [0.4, 0.5) is 4.39 Å². The van der Waals surface area contributed by atoms with Crippen LogP contribution in [0.15, 0.2) is 53.0 Å². The van der Waals surface area contributed by atoms with Gasteiger partial charge in [-0.05, 0) is 52.0 Å². The highest BCUT2D eigenvalue weighted by Crippen LogP contribution is 2.20. The first-order valence-corrected chi connectivity index (χ1v) is 9.28. The quantitative estimate of drug-likeness (QED) is 0.740. The largest absolute Gasteiger partial charge is 0.373 e. The number of amides is 1. The summed E-state index contributed by atoms with van der Waals surface area (Å²) >= 11 is 3.16. The Balaban J connectivity index is 1.45. The number of halogens is 2. The average molecular weight is 406 g/mol. The molecule has 132 valence electrons. The van der Waals surface area contributed by atoms with Crippen LogP contribution in [0.25, 0.3) is 0 Å². The van der Waals surface area contributed by atoms with Gasteiger partial charge in [0.1, 0.15) is 5.82 Å². The minimum absolute atomic E-state index is 0.0833. The van der Waals surface area contributed by atoms with Gasteiger partial charge in [-0.15, -0.1) is 0 Å².